The van der Waals surface area contributed by atoms with Crippen LogP contribution in [-0.4, -0.2) is 58.1 Å². The van der Waals surface area contributed by atoms with Crippen molar-refractivity contribution < 1.29 is 9.59 Å². The Morgan fingerprint density at radius 3 is 2.57 bits per heavy atom. The number of piperazine rings is 1. The van der Waals surface area contributed by atoms with E-state index in [9.17, 15) is 9.59 Å². The summed E-state index contributed by atoms with van der Waals surface area (Å²) in [6.07, 6.45) is 2.13. The highest BCUT2D eigenvalue weighted by Crippen LogP contribution is 2.19. The van der Waals surface area contributed by atoms with Crippen LogP contribution in [0.5, 0.6) is 0 Å². The fraction of sp³-hybridized carbons (Fsp3) is 0.300. The van der Waals surface area contributed by atoms with Crippen LogP contribution >= 0.6 is 0 Å². The fourth-order valence-corrected chi connectivity index (χ4v) is 3.45. The molecular weight excluding hydrogens is 356 g/mol. The van der Waals surface area contributed by atoms with E-state index in [2.05, 4.69) is 25.4 Å². The minimum absolute atomic E-state index is 0.0963. The smallest absolute Gasteiger partial charge is 0.230 e. The second-order valence-electron chi connectivity index (χ2n) is 6.85. The normalized spacial score (nSPS) is 14.3. The molecule has 1 aliphatic rings. The number of carbonyl (C=O) groups excluding carboxylic acids is 2. The molecule has 2 N–H and O–H groups in total. The second-order valence-corrected chi connectivity index (χ2v) is 6.85. The molecule has 8 heteroatoms. The Bertz CT molecular complexity index is 989. The number of amides is 2. The lowest BCUT2D eigenvalue weighted by atomic mass is 10.1. The number of nitrogens with one attached hydrogen (secondary N) is 2. The molecule has 1 aliphatic heterocycles. The maximum atomic E-state index is 12.4. The van der Waals surface area contributed by atoms with Gasteiger partial charge in [0.05, 0.1) is 6.42 Å². The van der Waals surface area contributed by atoms with Crippen molar-refractivity contribution in [1.82, 2.24) is 20.1 Å². The standard InChI is InChI=1S/C20H22N6O2/c1-14(27)25-8-10-26(11-9-25)19-7-6-18(23-24-19)22-20(28)12-15-13-21-17-5-3-2-4-16(15)17/h2-7,13,21H,8-12H2,1H3,(H,22,23,28). The zero-order valence-corrected chi connectivity index (χ0v) is 15.7. The van der Waals surface area contributed by atoms with Crippen molar-refractivity contribution in [3.8, 4) is 0 Å². The molecule has 0 unspecified atom stereocenters. The summed E-state index contributed by atoms with van der Waals surface area (Å²) in [6.45, 7) is 4.39. The first kappa shape index (κ1) is 18.0. The Labute approximate surface area is 162 Å². The number of aromatic amines is 1. The summed E-state index contributed by atoms with van der Waals surface area (Å²) >= 11 is 0. The van der Waals surface area contributed by atoms with E-state index >= 15 is 0 Å². The van der Waals surface area contributed by atoms with Crippen LogP contribution in [-0.2, 0) is 16.0 Å². The third-order valence-corrected chi connectivity index (χ3v) is 4.99. The third kappa shape index (κ3) is 3.80. The molecule has 8 nitrogen and oxygen atoms in total. The lowest BCUT2D eigenvalue weighted by molar-refractivity contribution is -0.129. The van der Waals surface area contributed by atoms with Gasteiger partial charge in [-0.3, -0.25) is 9.59 Å². The maximum absolute atomic E-state index is 12.4. The first-order valence-electron chi connectivity index (χ1n) is 9.29. The lowest BCUT2D eigenvalue weighted by Crippen LogP contribution is -2.48. The van der Waals surface area contributed by atoms with E-state index in [0.717, 1.165) is 35.4 Å². The van der Waals surface area contributed by atoms with Gasteiger partial charge in [0.2, 0.25) is 11.8 Å². The summed E-state index contributed by atoms with van der Waals surface area (Å²) < 4.78 is 0. The first-order chi connectivity index (χ1) is 13.6. The van der Waals surface area contributed by atoms with E-state index in [1.54, 1.807) is 13.0 Å². The van der Waals surface area contributed by atoms with Crippen LogP contribution in [0.3, 0.4) is 0 Å². The van der Waals surface area contributed by atoms with Gasteiger partial charge in [-0.05, 0) is 23.8 Å². The number of benzene rings is 1. The Kier molecular flexibility index (Phi) is 4.92. The SMILES string of the molecule is CC(=O)N1CCN(c2ccc(NC(=O)Cc3c[nH]c4ccccc34)nn2)CC1. The predicted molar refractivity (Wildman–Crippen MR) is 107 cm³/mol. The van der Waals surface area contributed by atoms with Gasteiger partial charge in [-0.15, -0.1) is 10.2 Å². The van der Waals surface area contributed by atoms with Crippen molar-refractivity contribution in [2.24, 2.45) is 0 Å². The number of anilines is 2. The zero-order valence-electron chi connectivity index (χ0n) is 15.7. The van der Waals surface area contributed by atoms with Gasteiger partial charge >= 0.3 is 0 Å². The van der Waals surface area contributed by atoms with Crippen LogP contribution in [0.1, 0.15) is 12.5 Å². The van der Waals surface area contributed by atoms with Gasteiger partial charge in [0.25, 0.3) is 0 Å². The molecule has 2 amide bonds. The Hall–Kier alpha value is -3.42. The summed E-state index contributed by atoms with van der Waals surface area (Å²) in [5, 5.41) is 12.2. The molecule has 1 fully saturated rings. The van der Waals surface area contributed by atoms with Gasteiger partial charge in [-0.2, -0.15) is 0 Å². The summed E-state index contributed by atoms with van der Waals surface area (Å²) in [4.78, 5) is 30.9. The number of hydrogen-bond acceptors (Lipinski definition) is 5. The monoisotopic (exact) mass is 378 g/mol. The number of rotatable bonds is 4. The van der Waals surface area contributed by atoms with Gasteiger partial charge in [0.1, 0.15) is 0 Å². The maximum Gasteiger partial charge on any atom is 0.230 e. The number of nitrogens with zero attached hydrogens (tertiary/aromatic N) is 4. The average molecular weight is 378 g/mol. The van der Waals surface area contributed by atoms with Crippen LogP contribution < -0.4 is 10.2 Å². The Morgan fingerprint density at radius 2 is 1.86 bits per heavy atom. The topological polar surface area (TPSA) is 94.2 Å². The van der Waals surface area contributed by atoms with E-state index in [1.807, 2.05) is 41.4 Å². The van der Waals surface area contributed by atoms with Crippen molar-refractivity contribution in [1.29, 1.82) is 0 Å². The third-order valence-electron chi connectivity index (χ3n) is 4.99. The first-order valence-corrected chi connectivity index (χ1v) is 9.29. The van der Waals surface area contributed by atoms with Gasteiger partial charge in [-0.25, -0.2) is 0 Å². The minimum Gasteiger partial charge on any atom is -0.361 e. The molecule has 4 rings (SSSR count). The molecule has 0 atom stereocenters. The molecule has 0 spiro atoms. The zero-order chi connectivity index (χ0) is 19.5. The molecule has 0 aliphatic carbocycles. The van der Waals surface area contributed by atoms with Crippen molar-refractivity contribution >= 4 is 34.4 Å². The molecular formula is C20H22N6O2. The van der Waals surface area contributed by atoms with Crippen molar-refractivity contribution in [3.05, 3.63) is 48.2 Å². The van der Waals surface area contributed by atoms with Crippen LogP contribution in [0, 0.1) is 0 Å². The molecule has 3 aromatic rings. The van der Waals surface area contributed by atoms with Crippen molar-refractivity contribution in [2.45, 2.75) is 13.3 Å². The quantitative estimate of drug-likeness (QED) is 0.722. The molecule has 2 aromatic heterocycles. The van der Waals surface area contributed by atoms with Crippen LogP contribution in [0.25, 0.3) is 10.9 Å². The molecule has 1 aromatic carbocycles. The highest BCUT2D eigenvalue weighted by Gasteiger charge is 2.20. The van der Waals surface area contributed by atoms with Crippen LogP contribution in [0.4, 0.5) is 11.6 Å². The number of hydrogen-bond donors (Lipinski definition) is 2. The summed E-state index contributed by atoms with van der Waals surface area (Å²) in [5.41, 5.74) is 1.96. The van der Waals surface area contributed by atoms with E-state index in [0.29, 0.717) is 18.9 Å². The highest BCUT2D eigenvalue weighted by molar-refractivity contribution is 5.95. The predicted octanol–water partition coefficient (Wildman–Crippen LogP) is 1.81. The number of carbonyl (C=O) groups is 2. The van der Waals surface area contributed by atoms with Crippen molar-refractivity contribution in [3.63, 3.8) is 0 Å². The van der Waals surface area contributed by atoms with Gasteiger partial charge in [0, 0.05) is 50.2 Å². The molecule has 3 heterocycles. The Balaban J connectivity index is 1.35. The van der Waals surface area contributed by atoms with Crippen LogP contribution in [0.2, 0.25) is 0 Å². The average Bonchev–Trinajstić information content (AvgIpc) is 3.11. The fourth-order valence-electron chi connectivity index (χ4n) is 3.45. The number of aromatic nitrogens is 3. The molecule has 0 saturated carbocycles. The number of H-pyrrole nitrogens is 1. The number of fused-ring (bicyclic) bond motifs is 1. The molecule has 28 heavy (non-hydrogen) atoms. The number of para-hydroxylation sites is 1. The van der Waals surface area contributed by atoms with Crippen LogP contribution in [0.15, 0.2) is 42.6 Å². The highest BCUT2D eigenvalue weighted by atomic mass is 16.2. The lowest BCUT2D eigenvalue weighted by Gasteiger charge is -2.34. The molecule has 144 valence electrons. The van der Waals surface area contributed by atoms with E-state index < -0.39 is 0 Å². The van der Waals surface area contributed by atoms with E-state index in [4.69, 9.17) is 0 Å². The molecule has 0 bridgehead atoms. The van der Waals surface area contributed by atoms with E-state index in [-0.39, 0.29) is 18.2 Å². The van der Waals surface area contributed by atoms with Gasteiger partial charge in [-0.1, -0.05) is 18.2 Å². The second kappa shape index (κ2) is 7.67. The van der Waals surface area contributed by atoms with Gasteiger partial charge in [0.15, 0.2) is 11.6 Å². The molecule has 0 radical (unpaired) electrons. The Morgan fingerprint density at radius 1 is 1.07 bits per heavy atom. The van der Waals surface area contributed by atoms with E-state index in [1.165, 1.54) is 0 Å². The van der Waals surface area contributed by atoms with Gasteiger partial charge < -0.3 is 20.1 Å². The van der Waals surface area contributed by atoms with Crippen molar-refractivity contribution in [2.75, 3.05) is 36.4 Å². The largest absolute Gasteiger partial charge is 0.361 e. The molecule has 1 saturated heterocycles. The summed E-state index contributed by atoms with van der Waals surface area (Å²) in [5.74, 6) is 1.13. The summed E-state index contributed by atoms with van der Waals surface area (Å²) in [7, 11) is 0. The minimum atomic E-state index is -0.137. The summed E-state index contributed by atoms with van der Waals surface area (Å²) in [6, 6.07) is 11.5.